The number of anilines is 2. The van der Waals surface area contributed by atoms with E-state index in [1.54, 1.807) is 24.3 Å². The molecule has 0 radical (unpaired) electrons. The van der Waals surface area contributed by atoms with E-state index in [-0.39, 0.29) is 17.3 Å². The molecule has 20 heavy (non-hydrogen) atoms. The summed E-state index contributed by atoms with van der Waals surface area (Å²) in [6.45, 7) is 0. The highest BCUT2D eigenvalue weighted by Gasteiger charge is 2.20. The molecule has 0 atom stereocenters. The SMILES string of the molecule is Nc1nccc(-c2ccc3c(c2)CC(=O)N3)c1C(=O)O. The van der Waals surface area contributed by atoms with Crippen molar-refractivity contribution in [3.63, 3.8) is 0 Å². The molecular formula is C14H11N3O3. The molecule has 6 nitrogen and oxygen atoms in total. The molecule has 100 valence electrons. The molecule has 0 unspecified atom stereocenters. The smallest absolute Gasteiger partial charge is 0.340 e. The molecule has 2 aromatic rings. The number of hydrogen-bond acceptors (Lipinski definition) is 4. The van der Waals surface area contributed by atoms with Crippen LogP contribution in [0, 0.1) is 0 Å². The first-order valence-corrected chi connectivity index (χ1v) is 5.97. The summed E-state index contributed by atoms with van der Waals surface area (Å²) < 4.78 is 0. The van der Waals surface area contributed by atoms with Gasteiger partial charge in [-0.1, -0.05) is 6.07 Å². The monoisotopic (exact) mass is 269 g/mol. The molecule has 3 rings (SSSR count). The lowest BCUT2D eigenvalue weighted by Gasteiger charge is -2.09. The second-order valence-corrected chi connectivity index (χ2v) is 4.52. The minimum Gasteiger partial charge on any atom is -0.478 e. The molecular weight excluding hydrogens is 258 g/mol. The molecule has 4 N–H and O–H groups in total. The molecule has 0 aliphatic carbocycles. The lowest BCUT2D eigenvalue weighted by atomic mass is 9.98. The summed E-state index contributed by atoms with van der Waals surface area (Å²) in [7, 11) is 0. The van der Waals surface area contributed by atoms with Crippen molar-refractivity contribution in [2.75, 3.05) is 11.1 Å². The zero-order chi connectivity index (χ0) is 14.3. The van der Waals surface area contributed by atoms with Gasteiger partial charge in [0.1, 0.15) is 11.4 Å². The number of fused-ring (bicyclic) bond motifs is 1. The van der Waals surface area contributed by atoms with Crippen LogP contribution in [0.25, 0.3) is 11.1 Å². The van der Waals surface area contributed by atoms with Crippen molar-refractivity contribution in [3.05, 3.63) is 41.6 Å². The maximum Gasteiger partial charge on any atom is 0.340 e. The number of rotatable bonds is 2. The van der Waals surface area contributed by atoms with Crippen molar-refractivity contribution in [2.45, 2.75) is 6.42 Å². The third-order valence-electron chi connectivity index (χ3n) is 3.24. The average molecular weight is 269 g/mol. The highest BCUT2D eigenvalue weighted by molar-refractivity contribution is 6.02. The fraction of sp³-hybridized carbons (Fsp3) is 0.0714. The van der Waals surface area contributed by atoms with Gasteiger partial charge in [0.05, 0.1) is 6.42 Å². The number of amides is 1. The number of aromatic carboxylic acids is 1. The van der Waals surface area contributed by atoms with E-state index in [0.29, 0.717) is 17.5 Å². The van der Waals surface area contributed by atoms with Gasteiger partial charge in [-0.2, -0.15) is 0 Å². The minimum absolute atomic E-state index is 0.0234. The number of pyridine rings is 1. The highest BCUT2D eigenvalue weighted by atomic mass is 16.4. The maximum atomic E-state index is 11.3. The van der Waals surface area contributed by atoms with Gasteiger partial charge in [-0.15, -0.1) is 0 Å². The van der Waals surface area contributed by atoms with Gasteiger partial charge in [-0.25, -0.2) is 9.78 Å². The summed E-state index contributed by atoms with van der Waals surface area (Å²) in [5.74, 6) is -1.21. The molecule has 1 aromatic heterocycles. The topological polar surface area (TPSA) is 105 Å². The summed E-state index contributed by atoms with van der Waals surface area (Å²) >= 11 is 0. The van der Waals surface area contributed by atoms with E-state index in [1.807, 2.05) is 0 Å². The molecule has 0 fully saturated rings. The van der Waals surface area contributed by atoms with E-state index in [4.69, 9.17) is 5.73 Å². The summed E-state index contributed by atoms with van der Waals surface area (Å²) in [6.07, 6.45) is 1.76. The van der Waals surface area contributed by atoms with Gasteiger partial charge >= 0.3 is 5.97 Å². The van der Waals surface area contributed by atoms with Crippen molar-refractivity contribution in [2.24, 2.45) is 0 Å². The minimum atomic E-state index is -1.12. The Morgan fingerprint density at radius 3 is 2.90 bits per heavy atom. The molecule has 0 saturated heterocycles. The number of benzene rings is 1. The van der Waals surface area contributed by atoms with Gasteiger partial charge in [0.15, 0.2) is 0 Å². The van der Waals surface area contributed by atoms with Crippen molar-refractivity contribution < 1.29 is 14.7 Å². The summed E-state index contributed by atoms with van der Waals surface area (Å²) in [5.41, 5.74) is 8.41. The van der Waals surface area contributed by atoms with Crippen LogP contribution in [0.5, 0.6) is 0 Å². The molecule has 6 heteroatoms. The van der Waals surface area contributed by atoms with Crippen LogP contribution in [-0.2, 0) is 11.2 Å². The molecule has 0 saturated carbocycles. The second-order valence-electron chi connectivity index (χ2n) is 4.52. The van der Waals surface area contributed by atoms with Gasteiger partial charge in [-0.3, -0.25) is 4.79 Å². The maximum absolute atomic E-state index is 11.3. The van der Waals surface area contributed by atoms with E-state index in [9.17, 15) is 14.7 Å². The molecule has 2 heterocycles. The van der Waals surface area contributed by atoms with E-state index >= 15 is 0 Å². The quantitative estimate of drug-likeness (QED) is 0.766. The number of nitrogens with zero attached hydrogens (tertiary/aromatic N) is 1. The molecule has 1 aliphatic heterocycles. The lowest BCUT2D eigenvalue weighted by Crippen LogP contribution is -2.06. The van der Waals surface area contributed by atoms with Gasteiger partial charge in [0.25, 0.3) is 0 Å². The fourth-order valence-electron chi connectivity index (χ4n) is 2.34. The van der Waals surface area contributed by atoms with Crippen molar-refractivity contribution in [1.82, 2.24) is 4.98 Å². The van der Waals surface area contributed by atoms with Crippen molar-refractivity contribution in [3.8, 4) is 11.1 Å². The van der Waals surface area contributed by atoms with Crippen molar-refractivity contribution >= 4 is 23.4 Å². The van der Waals surface area contributed by atoms with Crippen LogP contribution < -0.4 is 11.1 Å². The Bertz CT molecular complexity index is 740. The Labute approximate surface area is 114 Å². The van der Waals surface area contributed by atoms with E-state index in [0.717, 1.165) is 11.3 Å². The molecule has 1 aromatic carbocycles. The number of nitrogens with two attached hydrogens (primary N) is 1. The molecule has 1 amide bonds. The van der Waals surface area contributed by atoms with Crippen molar-refractivity contribution in [1.29, 1.82) is 0 Å². The predicted octanol–water partition coefficient (Wildman–Crippen LogP) is 1.52. The summed E-state index contributed by atoms with van der Waals surface area (Å²) in [6, 6.07) is 6.92. The Hall–Kier alpha value is -2.89. The van der Waals surface area contributed by atoms with Crippen LogP contribution in [0.4, 0.5) is 11.5 Å². The first kappa shape index (κ1) is 12.2. The van der Waals surface area contributed by atoms with E-state index in [2.05, 4.69) is 10.3 Å². The predicted molar refractivity (Wildman–Crippen MR) is 73.4 cm³/mol. The lowest BCUT2D eigenvalue weighted by molar-refractivity contribution is -0.115. The second kappa shape index (κ2) is 4.34. The zero-order valence-electron chi connectivity index (χ0n) is 10.4. The largest absolute Gasteiger partial charge is 0.478 e. The Morgan fingerprint density at radius 1 is 1.35 bits per heavy atom. The highest BCUT2D eigenvalue weighted by Crippen LogP contribution is 2.32. The standard InChI is InChI=1S/C14H11N3O3/c15-13-12(14(19)20)9(3-4-16-13)7-1-2-10-8(5-7)6-11(18)17-10/h1-5H,6H2,(H2,15,16)(H,17,18)(H,19,20). The zero-order valence-corrected chi connectivity index (χ0v) is 10.4. The average Bonchev–Trinajstić information content (AvgIpc) is 2.76. The normalized spacial score (nSPS) is 12.9. The third-order valence-corrected chi connectivity index (χ3v) is 3.24. The molecule has 0 bridgehead atoms. The van der Waals surface area contributed by atoms with Gasteiger partial charge in [0.2, 0.25) is 5.91 Å². The summed E-state index contributed by atoms with van der Waals surface area (Å²) in [5, 5.41) is 12.0. The van der Waals surface area contributed by atoms with Crippen LogP contribution in [0.2, 0.25) is 0 Å². The first-order valence-electron chi connectivity index (χ1n) is 5.97. The first-order chi connectivity index (χ1) is 9.56. The molecule has 1 aliphatic rings. The molecule has 0 spiro atoms. The van der Waals surface area contributed by atoms with Crippen LogP contribution in [0.15, 0.2) is 30.5 Å². The Kier molecular flexibility index (Phi) is 2.64. The van der Waals surface area contributed by atoms with Gasteiger partial charge in [-0.05, 0) is 29.3 Å². The number of hydrogen-bond donors (Lipinski definition) is 3. The number of carbonyl (C=O) groups excluding carboxylic acids is 1. The number of nitrogens with one attached hydrogen (secondary N) is 1. The number of carbonyl (C=O) groups is 2. The number of carboxylic acid groups (broad SMARTS) is 1. The Morgan fingerprint density at radius 2 is 2.15 bits per heavy atom. The van der Waals surface area contributed by atoms with E-state index < -0.39 is 5.97 Å². The third kappa shape index (κ3) is 1.87. The van der Waals surface area contributed by atoms with E-state index in [1.165, 1.54) is 6.20 Å². The van der Waals surface area contributed by atoms with Crippen LogP contribution in [-0.4, -0.2) is 22.0 Å². The Balaban J connectivity index is 2.16. The summed E-state index contributed by atoms with van der Waals surface area (Å²) in [4.78, 5) is 26.5. The van der Waals surface area contributed by atoms with Crippen LogP contribution in [0.3, 0.4) is 0 Å². The number of carboxylic acids is 1. The van der Waals surface area contributed by atoms with Gasteiger partial charge in [0, 0.05) is 17.4 Å². The van der Waals surface area contributed by atoms with Crippen LogP contribution >= 0.6 is 0 Å². The fourth-order valence-corrected chi connectivity index (χ4v) is 2.34. The van der Waals surface area contributed by atoms with Crippen LogP contribution in [0.1, 0.15) is 15.9 Å². The number of aromatic nitrogens is 1. The number of nitrogen functional groups attached to an aromatic ring is 1. The van der Waals surface area contributed by atoms with Gasteiger partial charge < -0.3 is 16.2 Å².